The van der Waals surface area contributed by atoms with Crippen LogP contribution in [0.1, 0.15) is 18.5 Å². The first-order chi connectivity index (χ1) is 8.19. The fourth-order valence-electron chi connectivity index (χ4n) is 2.18. The van der Waals surface area contributed by atoms with Crippen molar-refractivity contribution in [2.75, 3.05) is 20.2 Å². The largest absolute Gasteiger partial charge is 0.496 e. The predicted molar refractivity (Wildman–Crippen MR) is 69.6 cm³/mol. The van der Waals surface area contributed by atoms with Gasteiger partial charge in [0, 0.05) is 17.1 Å². The summed E-state index contributed by atoms with van der Waals surface area (Å²) in [7, 11) is 1.64. The Bertz CT molecular complexity index is 447. The van der Waals surface area contributed by atoms with E-state index in [0.29, 0.717) is 17.5 Å². The van der Waals surface area contributed by atoms with Gasteiger partial charge in [0.25, 0.3) is 0 Å². The van der Waals surface area contributed by atoms with E-state index < -0.39 is 0 Å². The highest BCUT2D eigenvalue weighted by Crippen LogP contribution is 2.37. The van der Waals surface area contributed by atoms with Crippen LogP contribution < -0.4 is 10.5 Å². The van der Waals surface area contributed by atoms with Crippen LogP contribution in [0, 0.1) is 0 Å². The predicted octanol–water partition coefficient (Wildman–Crippen LogP) is 2.04. The minimum Gasteiger partial charge on any atom is -0.496 e. The van der Waals surface area contributed by atoms with E-state index in [1.165, 1.54) is 0 Å². The van der Waals surface area contributed by atoms with E-state index in [1.54, 1.807) is 7.11 Å². The summed E-state index contributed by atoms with van der Waals surface area (Å²) in [5.74, 6) is 1.35. The summed E-state index contributed by atoms with van der Waals surface area (Å²) in [6, 6.07) is 5.72. The second kappa shape index (κ2) is 4.84. The molecule has 0 saturated heterocycles. The lowest BCUT2D eigenvalue weighted by Gasteiger charge is -2.26. The fraction of sp³-hybridized carbons (Fsp3) is 0.417. The van der Waals surface area contributed by atoms with Crippen LogP contribution >= 0.6 is 11.6 Å². The van der Waals surface area contributed by atoms with Gasteiger partial charge in [-0.15, -0.1) is 0 Å². The first-order valence-corrected chi connectivity index (χ1v) is 5.95. The normalized spacial score (nSPS) is 19.4. The molecule has 0 aliphatic carbocycles. The highest BCUT2D eigenvalue weighted by Gasteiger charge is 2.30. The second-order valence-corrected chi connectivity index (χ2v) is 4.26. The molecule has 0 bridgehead atoms. The Morgan fingerprint density at radius 1 is 1.59 bits per heavy atom. The third-order valence-electron chi connectivity index (χ3n) is 3.00. The summed E-state index contributed by atoms with van der Waals surface area (Å²) in [5.41, 5.74) is 6.81. The zero-order valence-electron chi connectivity index (χ0n) is 9.98. The summed E-state index contributed by atoms with van der Waals surface area (Å²) in [6.45, 7) is 3.47. The molecule has 0 radical (unpaired) electrons. The Hall–Kier alpha value is -1.42. The van der Waals surface area contributed by atoms with E-state index in [4.69, 9.17) is 22.1 Å². The molecule has 1 aromatic rings. The number of nitrogens with two attached hydrogens (primary N) is 1. The van der Waals surface area contributed by atoms with Crippen LogP contribution in [0.5, 0.6) is 5.75 Å². The van der Waals surface area contributed by atoms with Crippen molar-refractivity contribution in [2.24, 2.45) is 10.7 Å². The lowest BCUT2D eigenvalue weighted by atomic mass is 10.0. The van der Waals surface area contributed by atoms with Gasteiger partial charge in [0.2, 0.25) is 0 Å². The van der Waals surface area contributed by atoms with Crippen molar-refractivity contribution in [1.82, 2.24) is 4.90 Å². The molecule has 17 heavy (non-hydrogen) atoms. The minimum absolute atomic E-state index is 0.0728. The molecule has 2 rings (SSSR count). The number of methoxy groups -OCH3 is 1. The van der Waals surface area contributed by atoms with Crippen molar-refractivity contribution in [3.63, 3.8) is 0 Å². The number of aliphatic imine (C=N–C) groups is 1. The number of benzene rings is 1. The fourth-order valence-corrected chi connectivity index (χ4v) is 2.47. The molecule has 5 heteroatoms. The van der Waals surface area contributed by atoms with Crippen LogP contribution in [0.3, 0.4) is 0 Å². The maximum Gasteiger partial charge on any atom is 0.191 e. The molecule has 0 saturated carbocycles. The zero-order chi connectivity index (χ0) is 12.4. The lowest BCUT2D eigenvalue weighted by Crippen LogP contribution is -2.36. The number of likely N-dealkylation sites (N-methyl/N-ethyl adjacent to an activating group) is 1. The number of nitrogens with zero attached hydrogens (tertiary/aromatic N) is 2. The second-order valence-electron chi connectivity index (χ2n) is 3.86. The van der Waals surface area contributed by atoms with Crippen molar-refractivity contribution >= 4 is 17.6 Å². The van der Waals surface area contributed by atoms with Crippen LogP contribution in [0.25, 0.3) is 0 Å². The van der Waals surface area contributed by atoms with Gasteiger partial charge in [0.1, 0.15) is 5.75 Å². The van der Waals surface area contributed by atoms with Crippen molar-refractivity contribution in [1.29, 1.82) is 0 Å². The summed E-state index contributed by atoms with van der Waals surface area (Å²) in [5, 5.41) is 0.692. The molecule has 4 nitrogen and oxygen atoms in total. The van der Waals surface area contributed by atoms with Crippen molar-refractivity contribution in [3.8, 4) is 5.75 Å². The van der Waals surface area contributed by atoms with Crippen LogP contribution in [-0.4, -0.2) is 31.1 Å². The number of halogens is 1. The van der Waals surface area contributed by atoms with Gasteiger partial charge < -0.3 is 15.4 Å². The monoisotopic (exact) mass is 253 g/mol. The van der Waals surface area contributed by atoms with Crippen molar-refractivity contribution < 1.29 is 4.74 Å². The molecule has 0 amide bonds. The Morgan fingerprint density at radius 3 is 3.00 bits per heavy atom. The van der Waals surface area contributed by atoms with E-state index in [1.807, 2.05) is 30.0 Å². The van der Waals surface area contributed by atoms with Gasteiger partial charge >= 0.3 is 0 Å². The molecule has 0 aromatic heterocycles. The Labute approximate surface area is 106 Å². The van der Waals surface area contributed by atoms with E-state index in [0.717, 1.165) is 17.9 Å². The summed E-state index contributed by atoms with van der Waals surface area (Å²) >= 11 is 6.26. The lowest BCUT2D eigenvalue weighted by molar-refractivity contribution is 0.343. The Kier molecular flexibility index (Phi) is 3.43. The van der Waals surface area contributed by atoms with Crippen molar-refractivity contribution in [3.05, 3.63) is 28.8 Å². The third-order valence-corrected chi connectivity index (χ3v) is 3.33. The molecule has 0 fully saturated rings. The smallest absolute Gasteiger partial charge is 0.191 e. The van der Waals surface area contributed by atoms with Gasteiger partial charge in [-0.2, -0.15) is 0 Å². The maximum absolute atomic E-state index is 6.26. The number of hydrogen-bond donors (Lipinski definition) is 1. The average molecular weight is 254 g/mol. The molecular weight excluding hydrogens is 238 g/mol. The highest BCUT2D eigenvalue weighted by molar-refractivity contribution is 6.31. The summed E-state index contributed by atoms with van der Waals surface area (Å²) < 4.78 is 5.36. The van der Waals surface area contributed by atoms with Gasteiger partial charge in [-0.05, 0) is 19.1 Å². The zero-order valence-corrected chi connectivity index (χ0v) is 10.7. The molecule has 1 aliphatic heterocycles. The number of guanidine groups is 1. The Balaban J connectivity index is 2.41. The topological polar surface area (TPSA) is 50.8 Å². The van der Waals surface area contributed by atoms with E-state index >= 15 is 0 Å². The molecule has 1 atom stereocenters. The van der Waals surface area contributed by atoms with Crippen LogP contribution in [0.4, 0.5) is 0 Å². The van der Waals surface area contributed by atoms with Gasteiger partial charge in [0.05, 0.1) is 19.7 Å². The van der Waals surface area contributed by atoms with E-state index in [2.05, 4.69) is 4.99 Å². The van der Waals surface area contributed by atoms with E-state index in [-0.39, 0.29) is 6.04 Å². The molecule has 2 N–H and O–H groups in total. The number of ether oxygens (including phenoxy) is 1. The van der Waals surface area contributed by atoms with Gasteiger partial charge in [-0.25, -0.2) is 0 Å². The standard InChI is InChI=1S/C12H16ClN3O/c1-3-16-9(7-15-12(16)14)11-8(13)5-4-6-10(11)17-2/h4-6,9H,3,7H2,1-2H3,(H2,14,15). The van der Waals surface area contributed by atoms with Gasteiger partial charge in [-0.3, -0.25) is 4.99 Å². The molecule has 1 unspecified atom stereocenters. The van der Waals surface area contributed by atoms with Crippen LogP contribution in [-0.2, 0) is 0 Å². The quantitative estimate of drug-likeness (QED) is 0.897. The van der Waals surface area contributed by atoms with Crippen LogP contribution in [0.2, 0.25) is 5.02 Å². The van der Waals surface area contributed by atoms with E-state index in [9.17, 15) is 0 Å². The molecule has 1 aromatic carbocycles. The highest BCUT2D eigenvalue weighted by atomic mass is 35.5. The third kappa shape index (κ3) is 2.05. The minimum atomic E-state index is 0.0728. The number of rotatable bonds is 3. The number of hydrogen-bond acceptors (Lipinski definition) is 4. The summed E-state index contributed by atoms with van der Waals surface area (Å²) in [4.78, 5) is 6.30. The molecule has 92 valence electrons. The molecular formula is C12H16ClN3O. The molecule has 1 aliphatic rings. The first kappa shape index (κ1) is 12.0. The maximum atomic E-state index is 6.26. The first-order valence-electron chi connectivity index (χ1n) is 5.58. The van der Waals surface area contributed by atoms with Crippen LogP contribution in [0.15, 0.2) is 23.2 Å². The van der Waals surface area contributed by atoms with Gasteiger partial charge in [-0.1, -0.05) is 17.7 Å². The SMILES string of the molecule is CCN1C(N)=NCC1c1c(Cl)cccc1OC. The average Bonchev–Trinajstić information content (AvgIpc) is 2.69. The Morgan fingerprint density at radius 2 is 2.35 bits per heavy atom. The summed E-state index contributed by atoms with van der Waals surface area (Å²) in [6.07, 6.45) is 0. The van der Waals surface area contributed by atoms with Crippen molar-refractivity contribution in [2.45, 2.75) is 13.0 Å². The molecule has 1 heterocycles. The molecule has 0 spiro atoms. The van der Waals surface area contributed by atoms with Gasteiger partial charge in [0.15, 0.2) is 5.96 Å².